The largest absolute Gasteiger partial charge is 0.497 e. The van der Waals surface area contributed by atoms with Gasteiger partial charge in [0.25, 0.3) is 5.78 Å². The maximum Gasteiger partial charge on any atom is 0.485 e. The molecule has 0 spiro atoms. The van der Waals surface area contributed by atoms with Crippen LogP contribution in [0.3, 0.4) is 0 Å². The van der Waals surface area contributed by atoms with E-state index in [2.05, 4.69) is 20.2 Å². The Morgan fingerprint density at radius 3 is 2.29 bits per heavy atom. The summed E-state index contributed by atoms with van der Waals surface area (Å²) in [7, 11) is 1.37. The van der Waals surface area contributed by atoms with Crippen LogP contribution in [0, 0.1) is 6.92 Å². The quantitative estimate of drug-likeness (QED) is 0.158. The molecule has 0 aliphatic heterocycles. The monoisotopic (exact) mass is 496 g/mol. The summed E-state index contributed by atoms with van der Waals surface area (Å²) in [5.41, 5.74) is 4.43. The molecule has 0 bridgehead atoms. The number of hydrogen-bond acceptors (Lipinski definition) is 7. The number of carbonyl (C=O) groups is 1. The number of aryl methyl sites for hydroxylation is 1. The molecule has 0 aliphatic rings. The lowest BCUT2D eigenvalue weighted by molar-refractivity contribution is -0.197. The molecule has 35 heavy (non-hydrogen) atoms. The lowest BCUT2D eigenvalue weighted by Gasteiger charge is -2.14. The summed E-state index contributed by atoms with van der Waals surface area (Å²) >= 11 is 0. The van der Waals surface area contributed by atoms with Gasteiger partial charge in [-0.05, 0) is 55.5 Å². The average Bonchev–Trinajstić information content (AvgIpc) is 2.83. The first-order valence-corrected chi connectivity index (χ1v) is 9.69. The number of ketones is 1. The SMILES string of the molecule is COc1ccc(C(=O)C(F)(F)O/N=C(\N)c2cc(C)nnc2Oc2cccc(C(F)(F)F)c2)cc1. The number of amidine groups is 1. The molecule has 184 valence electrons. The molecular formula is C22H17F5N4O4. The highest BCUT2D eigenvalue weighted by Gasteiger charge is 2.43. The van der Waals surface area contributed by atoms with Gasteiger partial charge in [0.1, 0.15) is 11.5 Å². The summed E-state index contributed by atoms with van der Waals surface area (Å²) in [4.78, 5) is 16.2. The van der Waals surface area contributed by atoms with Gasteiger partial charge in [-0.15, -0.1) is 5.10 Å². The molecule has 0 radical (unpaired) electrons. The van der Waals surface area contributed by atoms with Crippen LogP contribution in [0.25, 0.3) is 0 Å². The van der Waals surface area contributed by atoms with Crippen molar-refractivity contribution in [2.24, 2.45) is 10.9 Å². The molecule has 0 amide bonds. The summed E-state index contributed by atoms with van der Waals surface area (Å²) in [5, 5.41) is 10.5. The number of hydrogen-bond donors (Lipinski definition) is 1. The number of carbonyl (C=O) groups excluding carboxylic acids is 1. The maximum atomic E-state index is 14.3. The molecule has 2 N–H and O–H groups in total. The van der Waals surface area contributed by atoms with Crippen molar-refractivity contribution in [2.45, 2.75) is 19.2 Å². The van der Waals surface area contributed by atoms with E-state index in [1.807, 2.05) is 0 Å². The topological polar surface area (TPSA) is 109 Å². The number of oxime groups is 1. The van der Waals surface area contributed by atoms with Gasteiger partial charge in [-0.3, -0.25) is 4.79 Å². The smallest absolute Gasteiger partial charge is 0.485 e. The van der Waals surface area contributed by atoms with Gasteiger partial charge in [0.2, 0.25) is 5.88 Å². The molecule has 0 aliphatic carbocycles. The Balaban J connectivity index is 1.84. The van der Waals surface area contributed by atoms with Crippen molar-refractivity contribution in [1.29, 1.82) is 0 Å². The number of nitrogens with zero attached hydrogens (tertiary/aromatic N) is 3. The molecule has 0 fully saturated rings. The molecule has 8 nitrogen and oxygen atoms in total. The molecule has 0 saturated carbocycles. The van der Waals surface area contributed by atoms with E-state index in [-0.39, 0.29) is 22.6 Å². The molecule has 0 unspecified atom stereocenters. The second-order valence-electron chi connectivity index (χ2n) is 6.97. The van der Waals surface area contributed by atoms with Crippen LogP contribution in [0.5, 0.6) is 17.4 Å². The van der Waals surface area contributed by atoms with Crippen molar-refractivity contribution in [3.63, 3.8) is 0 Å². The van der Waals surface area contributed by atoms with Gasteiger partial charge >= 0.3 is 12.3 Å². The van der Waals surface area contributed by atoms with Crippen molar-refractivity contribution in [2.75, 3.05) is 7.11 Å². The van der Waals surface area contributed by atoms with Crippen molar-refractivity contribution < 1.29 is 41.1 Å². The summed E-state index contributed by atoms with van der Waals surface area (Å²) in [5.74, 6) is -2.73. The fraction of sp³-hybridized carbons (Fsp3) is 0.182. The second kappa shape index (κ2) is 9.91. The van der Waals surface area contributed by atoms with E-state index in [1.165, 1.54) is 38.3 Å². The first kappa shape index (κ1) is 25.3. The van der Waals surface area contributed by atoms with Crippen LogP contribution in [-0.2, 0) is 11.0 Å². The second-order valence-corrected chi connectivity index (χ2v) is 6.97. The molecule has 2 aromatic carbocycles. The van der Waals surface area contributed by atoms with Crippen LogP contribution in [0.4, 0.5) is 22.0 Å². The molecule has 13 heteroatoms. The predicted molar refractivity (Wildman–Crippen MR) is 112 cm³/mol. The van der Waals surface area contributed by atoms with E-state index in [0.29, 0.717) is 11.8 Å². The van der Waals surface area contributed by atoms with Gasteiger partial charge in [0.05, 0.1) is 23.9 Å². The minimum atomic E-state index is -4.63. The van der Waals surface area contributed by atoms with Crippen LogP contribution in [0.2, 0.25) is 0 Å². The lowest BCUT2D eigenvalue weighted by Crippen LogP contribution is -2.31. The fourth-order valence-electron chi connectivity index (χ4n) is 2.69. The van der Waals surface area contributed by atoms with Crippen molar-refractivity contribution in [3.05, 3.63) is 77.0 Å². The number of ether oxygens (including phenoxy) is 2. The molecule has 3 rings (SSSR count). The van der Waals surface area contributed by atoms with Gasteiger partial charge in [-0.1, -0.05) is 11.2 Å². The van der Waals surface area contributed by atoms with E-state index in [4.69, 9.17) is 15.2 Å². The van der Waals surface area contributed by atoms with Crippen molar-refractivity contribution in [3.8, 4) is 17.4 Å². The lowest BCUT2D eigenvalue weighted by atomic mass is 10.1. The van der Waals surface area contributed by atoms with Crippen LogP contribution in [-0.4, -0.2) is 35.0 Å². The zero-order valence-corrected chi connectivity index (χ0v) is 18.1. The Labute approximate surface area is 195 Å². The summed E-state index contributed by atoms with van der Waals surface area (Å²) < 4.78 is 77.7. The van der Waals surface area contributed by atoms with Crippen LogP contribution < -0.4 is 15.2 Å². The van der Waals surface area contributed by atoms with Crippen LogP contribution in [0.1, 0.15) is 27.2 Å². The normalized spacial score (nSPS) is 12.3. The highest BCUT2D eigenvalue weighted by atomic mass is 19.4. The third-order valence-corrected chi connectivity index (χ3v) is 4.41. The van der Waals surface area contributed by atoms with Gasteiger partial charge in [-0.25, -0.2) is 0 Å². The third kappa shape index (κ3) is 6.19. The molecule has 3 aromatic rings. The van der Waals surface area contributed by atoms with Gasteiger partial charge in [0.15, 0.2) is 5.84 Å². The minimum Gasteiger partial charge on any atom is -0.497 e. The number of methoxy groups -OCH3 is 1. The standard InChI is InChI=1S/C22H17F5N4O4/c1-12-10-17(20(30-29-12)34-16-5-3-4-14(11-16)21(23,24)25)19(28)31-35-22(26,27)18(32)13-6-8-15(33-2)9-7-13/h3-11H,1-2H3,(H2,28,31). The maximum absolute atomic E-state index is 14.3. The number of alkyl halides is 5. The Hall–Kier alpha value is -4.29. The Morgan fingerprint density at radius 2 is 1.66 bits per heavy atom. The van der Waals surface area contributed by atoms with Crippen molar-refractivity contribution >= 4 is 11.6 Å². The number of nitrogens with two attached hydrogens (primary N) is 1. The number of rotatable bonds is 8. The number of Topliss-reactive ketones (excluding diaryl/α,β-unsaturated/α-hetero) is 1. The van der Waals surface area contributed by atoms with Gasteiger partial charge in [-0.2, -0.15) is 27.1 Å². The average molecular weight is 496 g/mol. The molecule has 0 atom stereocenters. The van der Waals surface area contributed by atoms with Gasteiger partial charge in [0, 0.05) is 5.56 Å². The predicted octanol–water partition coefficient (Wildman–Crippen LogP) is 4.72. The Bertz CT molecular complexity index is 1250. The number of halogens is 5. The summed E-state index contributed by atoms with van der Waals surface area (Å²) in [6, 6.07) is 9.94. The molecule has 0 saturated heterocycles. The van der Waals surface area contributed by atoms with Crippen LogP contribution >= 0.6 is 0 Å². The van der Waals surface area contributed by atoms with E-state index in [0.717, 1.165) is 24.3 Å². The molecule has 1 aromatic heterocycles. The zero-order valence-electron chi connectivity index (χ0n) is 18.1. The van der Waals surface area contributed by atoms with Gasteiger partial charge < -0.3 is 20.0 Å². The molecular weight excluding hydrogens is 479 g/mol. The first-order chi connectivity index (χ1) is 16.4. The third-order valence-electron chi connectivity index (χ3n) is 4.41. The van der Waals surface area contributed by atoms with Crippen molar-refractivity contribution in [1.82, 2.24) is 10.2 Å². The first-order valence-electron chi connectivity index (χ1n) is 9.69. The van der Waals surface area contributed by atoms with Crippen LogP contribution in [0.15, 0.2) is 59.8 Å². The van der Waals surface area contributed by atoms with E-state index in [9.17, 15) is 26.7 Å². The summed E-state index contributed by atoms with van der Waals surface area (Å²) in [6.45, 7) is 1.49. The van der Waals surface area contributed by atoms with E-state index < -0.39 is 35.3 Å². The number of benzene rings is 2. The minimum absolute atomic E-state index is 0.206. The zero-order chi connectivity index (χ0) is 25.8. The summed E-state index contributed by atoms with van der Waals surface area (Å²) in [6.07, 6.45) is -9.02. The van der Waals surface area contributed by atoms with E-state index in [1.54, 1.807) is 0 Å². The Morgan fingerprint density at radius 1 is 0.971 bits per heavy atom. The van der Waals surface area contributed by atoms with E-state index >= 15 is 0 Å². The highest BCUT2D eigenvalue weighted by Crippen LogP contribution is 2.33. The molecule has 1 heterocycles. The Kier molecular flexibility index (Phi) is 7.17. The number of aromatic nitrogens is 2. The highest BCUT2D eigenvalue weighted by molar-refractivity contribution is 6.01. The fourth-order valence-corrected chi connectivity index (χ4v) is 2.69.